The molecule has 0 aromatic rings. The molecule has 2 nitrogen and oxygen atoms in total. The molecule has 0 bridgehead atoms. The van der Waals surface area contributed by atoms with Crippen LogP contribution in [-0.4, -0.2) is 28.5 Å². The van der Waals surface area contributed by atoms with Crippen molar-refractivity contribution in [3.8, 4) is 0 Å². The molecular formula is C9H23NOSi. The fourth-order valence-electron chi connectivity index (χ4n) is 0.907. The quantitative estimate of drug-likeness (QED) is 0.502. The van der Waals surface area contributed by atoms with Gasteiger partial charge in [0.2, 0.25) is 0 Å². The van der Waals surface area contributed by atoms with Gasteiger partial charge in [0, 0.05) is 5.60 Å². The summed E-state index contributed by atoms with van der Waals surface area (Å²) in [5.41, 5.74) is 0.0877. The Morgan fingerprint density at radius 1 is 1.33 bits per heavy atom. The first-order valence-corrected chi connectivity index (χ1v) is 6.48. The highest BCUT2D eigenvalue weighted by molar-refractivity contribution is 6.27. The third-order valence-electron chi connectivity index (χ3n) is 1.53. The zero-order chi connectivity index (χ0) is 9.45. The maximum Gasteiger partial charge on any atom is 0.162 e. The van der Waals surface area contributed by atoms with Gasteiger partial charge in [-0.3, -0.25) is 0 Å². The highest BCUT2D eigenvalue weighted by Crippen LogP contribution is 2.06. The summed E-state index contributed by atoms with van der Waals surface area (Å²) < 4.78 is 5.72. The molecule has 12 heavy (non-hydrogen) atoms. The van der Waals surface area contributed by atoms with Crippen molar-refractivity contribution in [3.63, 3.8) is 0 Å². The van der Waals surface area contributed by atoms with Crippen LogP contribution in [0.3, 0.4) is 0 Å². The van der Waals surface area contributed by atoms with E-state index < -0.39 is 0 Å². The molecule has 0 fully saturated rings. The molecule has 0 amide bonds. The number of hydrogen-bond acceptors (Lipinski definition) is 2. The average molecular weight is 189 g/mol. The first kappa shape index (κ1) is 12.1. The van der Waals surface area contributed by atoms with Crippen LogP contribution in [0.25, 0.3) is 0 Å². The Morgan fingerprint density at radius 3 is 2.50 bits per heavy atom. The van der Waals surface area contributed by atoms with E-state index in [4.69, 9.17) is 4.43 Å². The Hall–Kier alpha value is 0.137. The standard InChI is InChI=1S/C9H23NOSi/c1-5-10-7-6-8-12-11-9(2,3)4/h10H,5-8,12H2,1-4H3. The van der Waals surface area contributed by atoms with E-state index in [0.29, 0.717) is 0 Å². The minimum atomic E-state index is -0.261. The van der Waals surface area contributed by atoms with Gasteiger partial charge in [0.15, 0.2) is 9.76 Å². The normalized spacial score (nSPS) is 13.0. The molecule has 0 spiro atoms. The summed E-state index contributed by atoms with van der Waals surface area (Å²) in [6, 6.07) is 1.30. The Balaban J connectivity index is 3.01. The van der Waals surface area contributed by atoms with Crippen molar-refractivity contribution in [2.24, 2.45) is 0 Å². The van der Waals surface area contributed by atoms with Crippen LogP contribution in [0.2, 0.25) is 6.04 Å². The van der Waals surface area contributed by atoms with Crippen molar-refractivity contribution in [2.45, 2.75) is 45.8 Å². The average Bonchev–Trinajstić information content (AvgIpc) is 1.94. The van der Waals surface area contributed by atoms with E-state index >= 15 is 0 Å². The molecule has 0 rings (SSSR count). The van der Waals surface area contributed by atoms with Gasteiger partial charge in [-0.25, -0.2) is 0 Å². The molecule has 1 N–H and O–H groups in total. The van der Waals surface area contributed by atoms with E-state index in [2.05, 4.69) is 33.0 Å². The Kier molecular flexibility index (Phi) is 6.71. The van der Waals surface area contributed by atoms with Gasteiger partial charge in [0.25, 0.3) is 0 Å². The van der Waals surface area contributed by atoms with Crippen LogP contribution in [0.4, 0.5) is 0 Å². The maximum atomic E-state index is 5.72. The molecule has 0 radical (unpaired) electrons. The number of rotatable bonds is 6. The lowest BCUT2D eigenvalue weighted by Crippen LogP contribution is -2.22. The molecule has 0 aromatic heterocycles. The van der Waals surface area contributed by atoms with Crippen molar-refractivity contribution in [1.82, 2.24) is 5.32 Å². The zero-order valence-corrected chi connectivity index (χ0v) is 10.4. The van der Waals surface area contributed by atoms with Gasteiger partial charge in [0.05, 0.1) is 0 Å². The molecular weight excluding hydrogens is 166 g/mol. The maximum absolute atomic E-state index is 5.72. The summed E-state index contributed by atoms with van der Waals surface area (Å²) in [7, 11) is -0.261. The van der Waals surface area contributed by atoms with Gasteiger partial charge in [-0.05, 0) is 46.3 Å². The lowest BCUT2D eigenvalue weighted by Gasteiger charge is -2.19. The van der Waals surface area contributed by atoms with Crippen LogP contribution in [-0.2, 0) is 4.43 Å². The van der Waals surface area contributed by atoms with Gasteiger partial charge < -0.3 is 9.74 Å². The number of nitrogens with one attached hydrogen (secondary N) is 1. The molecule has 0 aliphatic heterocycles. The van der Waals surface area contributed by atoms with Crippen LogP contribution >= 0.6 is 0 Å². The van der Waals surface area contributed by atoms with Crippen LogP contribution < -0.4 is 5.32 Å². The Labute approximate surface area is 79.0 Å². The second kappa shape index (κ2) is 6.63. The van der Waals surface area contributed by atoms with E-state index in [1.807, 2.05) is 0 Å². The monoisotopic (exact) mass is 189 g/mol. The predicted octanol–water partition coefficient (Wildman–Crippen LogP) is 1.30. The van der Waals surface area contributed by atoms with E-state index in [-0.39, 0.29) is 15.4 Å². The highest BCUT2D eigenvalue weighted by Gasteiger charge is 2.08. The van der Waals surface area contributed by atoms with E-state index in [0.717, 1.165) is 13.1 Å². The van der Waals surface area contributed by atoms with Crippen molar-refractivity contribution < 1.29 is 4.43 Å². The first-order valence-electron chi connectivity index (χ1n) is 4.91. The summed E-state index contributed by atoms with van der Waals surface area (Å²) in [4.78, 5) is 0. The van der Waals surface area contributed by atoms with Crippen molar-refractivity contribution in [1.29, 1.82) is 0 Å². The third kappa shape index (κ3) is 10.1. The molecule has 0 heterocycles. The topological polar surface area (TPSA) is 21.3 Å². The molecule has 0 aromatic carbocycles. The Bertz CT molecular complexity index is 101. The second-order valence-electron chi connectivity index (χ2n) is 4.02. The Morgan fingerprint density at radius 2 is 2.00 bits per heavy atom. The summed E-state index contributed by atoms with van der Waals surface area (Å²) in [5.74, 6) is 0. The lowest BCUT2D eigenvalue weighted by atomic mass is 10.2. The third-order valence-corrected chi connectivity index (χ3v) is 3.39. The largest absolute Gasteiger partial charge is 0.419 e. The van der Waals surface area contributed by atoms with E-state index in [1.165, 1.54) is 12.5 Å². The van der Waals surface area contributed by atoms with Crippen LogP contribution in [0.15, 0.2) is 0 Å². The van der Waals surface area contributed by atoms with E-state index in [1.54, 1.807) is 0 Å². The predicted molar refractivity (Wildman–Crippen MR) is 57.3 cm³/mol. The van der Waals surface area contributed by atoms with Crippen molar-refractivity contribution in [3.05, 3.63) is 0 Å². The van der Waals surface area contributed by atoms with Crippen molar-refractivity contribution >= 4 is 9.76 Å². The SMILES string of the molecule is CCNCCC[SiH2]OC(C)(C)C. The van der Waals surface area contributed by atoms with Crippen LogP contribution in [0.5, 0.6) is 0 Å². The minimum absolute atomic E-state index is 0.0877. The van der Waals surface area contributed by atoms with Gasteiger partial charge in [-0.2, -0.15) is 0 Å². The highest BCUT2D eigenvalue weighted by atomic mass is 28.2. The van der Waals surface area contributed by atoms with Gasteiger partial charge >= 0.3 is 0 Å². The fourth-order valence-corrected chi connectivity index (χ4v) is 2.12. The summed E-state index contributed by atoms with van der Waals surface area (Å²) in [5, 5.41) is 3.31. The zero-order valence-electron chi connectivity index (χ0n) is 8.94. The summed E-state index contributed by atoms with van der Waals surface area (Å²) in [6.07, 6.45) is 1.27. The fraction of sp³-hybridized carbons (Fsp3) is 1.00. The minimum Gasteiger partial charge on any atom is -0.419 e. The van der Waals surface area contributed by atoms with E-state index in [9.17, 15) is 0 Å². The lowest BCUT2D eigenvalue weighted by molar-refractivity contribution is 0.138. The molecule has 3 heteroatoms. The summed E-state index contributed by atoms with van der Waals surface area (Å²) >= 11 is 0. The second-order valence-corrected chi connectivity index (χ2v) is 5.43. The molecule has 0 aliphatic carbocycles. The first-order chi connectivity index (χ1) is 5.56. The number of hydrogen-bond donors (Lipinski definition) is 1. The van der Waals surface area contributed by atoms with Gasteiger partial charge in [-0.1, -0.05) is 6.92 Å². The molecule has 0 saturated carbocycles. The van der Waals surface area contributed by atoms with Crippen LogP contribution in [0, 0.1) is 0 Å². The van der Waals surface area contributed by atoms with Gasteiger partial charge in [-0.15, -0.1) is 0 Å². The summed E-state index contributed by atoms with van der Waals surface area (Å²) in [6.45, 7) is 10.8. The smallest absolute Gasteiger partial charge is 0.162 e. The molecule has 0 atom stereocenters. The van der Waals surface area contributed by atoms with Crippen LogP contribution in [0.1, 0.15) is 34.1 Å². The molecule has 74 valence electrons. The van der Waals surface area contributed by atoms with Gasteiger partial charge in [0.1, 0.15) is 0 Å². The van der Waals surface area contributed by atoms with Crippen molar-refractivity contribution in [2.75, 3.05) is 13.1 Å². The molecule has 0 aliphatic rings. The molecule has 0 saturated heterocycles. The molecule has 0 unspecified atom stereocenters.